The highest BCUT2D eigenvalue weighted by atomic mass is 32.1. The van der Waals surface area contributed by atoms with Crippen LogP contribution in [0.1, 0.15) is 16.0 Å². The van der Waals surface area contributed by atoms with Crippen molar-refractivity contribution < 1.29 is 9.53 Å². The van der Waals surface area contributed by atoms with Gasteiger partial charge in [-0.3, -0.25) is 24.0 Å². The Hall–Kier alpha value is -3.43. The first kappa shape index (κ1) is 22.3. The van der Waals surface area contributed by atoms with Gasteiger partial charge in [-0.05, 0) is 35.6 Å². The topological polar surface area (TPSA) is 110 Å². The van der Waals surface area contributed by atoms with E-state index in [1.165, 1.54) is 34.0 Å². The molecule has 2 heterocycles. The van der Waals surface area contributed by atoms with Gasteiger partial charge in [0.25, 0.3) is 11.5 Å². The van der Waals surface area contributed by atoms with Crippen molar-refractivity contribution in [2.75, 3.05) is 24.4 Å². The molecule has 1 amide bonds. The molecule has 3 N–H and O–H groups in total. The molecule has 3 rings (SSSR count). The van der Waals surface area contributed by atoms with Crippen LogP contribution in [-0.4, -0.2) is 29.2 Å². The average molecular weight is 441 g/mol. The van der Waals surface area contributed by atoms with Gasteiger partial charge >= 0.3 is 5.69 Å². The number of nitrogens with two attached hydrogens (primary N) is 1. The molecule has 0 aliphatic heterocycles. The molecule has 0 aliphatic rings. The SMILES string of the molecule is COCCn1c(N)c(N(Cc2ccccc2)C(=O)/C=C/c2sccc2C)c(=O)[nH]c1=O. The number of hydrogen-bond acceptors (Lipinski definition) is 6. The number of rotatable bonds is 8. The minimum Gasteiger partial charge on any atom is -0.383 e. The molecule has 3 aromatic rings. The molecule has 2 aromatic heterocycles. The van der Waals surface area contributed by atoms with Crippen molar-refractivity contribution in [3.8, 4) is 0 Å². The van der Waals surface area contributed by atoms with Crippen LogP contribution in [0.25, 0.3) is 6.08 Å². The fourth-order valence-electron chi connectivity index (χ4n) is 3.07. The van der Waals surface area contributed by atoms with E-state index in [1.807, 2.05) is 48.7 Å². The van der Waals surface area contributed by atoms with E-state index < -0.39 is 17.2 Å². The summed E-state index contributed by atoms with van der Waals surface area (Å²) in [6.45, 7) is 2.43. The number of amides is 1. The maximum Gasteiger partial charge on any atom is 0.330 e. The van der Waals surface area contributed by atoms with Crippen molar-refractivity contribution in [1.82, 2.24) is 9.55 Å². The Bertz CT molecular complexity index is 1190. The van der Waals surface area contributed by atoms with E-state index in [2.05, 4.69) is 4.98 Å². The van der Waals surface area contributed by atoms with Gasteiger partial charge in [0.15, 0.2) is 5.69 Å². The number of nitrogens with zero attached hydrogens (tertiary/aromatic N) is 2. The van der Waals surface area contributed by atoms with Gasteiger partial charge in [-0.1, -0.05) is 30.3 Å². The summed E-state index contributed by atoms with van der Waals surface area (Å²) in [5.41, 5.74) is 6.62. The molecular weight excluding hydrogens is 416 g/mol. The zero-order chi connectivity index (χ0) is 22.4. The molecule has 31 heavy (non-hydrogen) atoms. The molecule has 0 aliphatic carbocycles. The summed E-state index contributed by atoms with van der Waals surface area (Å²) in [4.78, 5) is 42.6. The molecule has 0 atom stereocenters. The Labute approximate surface area is 183 Å². The molecule has 0 radical (unpaired) electrons. The van der Waals surface area contributed by atoms with Crippen LogP contribution >= 0.6 is 11.3 Å². The fourth-order valence-corrected chi connectivity index (χ4v) is 3.89. The number of nitrogens with one attached hydrogen (secondary N) is 1. The predicted octanol–water partition coefficient (Wildman–Crippen LogP) is 2.38. The van der Waals surface area contributed by atoms with Gasteiger partial charge in [-0.25, -0.2) is 4.79 Å². The molecule has 0 unspecified atom stereocenters. The molecule has 1 aromatic carbocycles. The number of carbonyl (C=O) groups is 1. The average Bonchev–Trinajstić information content (AvgIpc) is 3.16. The molecule has 0 bridgehead atoms. The van der Waals surface area contributed by atoms with Crippen LogP contribution < -0.4 is 21.9 Å². The first-order chi connectivity index (χ1) is 14.9. The molecule has 0 fully saturated rings. The Morgan fingerprint density at radius 3 is 2.65 bits per heavy atom. The van der Waals surface area contributed by atoms with Crippen molar-refractivity contribution in [2.24, 2.45) is 0 Å². The van der Waals surface area contributed by atoms with Gasteiger partial charge in [0, 0.05) is 18.1 Å². The number of aromatic amines is 1. The second-order valence-electron chi connectivity index (χ2n) is 6.85. The lowest BCUT2D eigenvalue weighted by Crippen LogP contribution is -2.40. The van der Waals surface area contributed by atoms with E-state index in [9.17, 15) is 14.4 Å². The minimum absolute atomic E-state index is 0.0721. The van der Waals surface area contributed by atoms with Crippen molar-refractivity contribution in [3.63, 3.8) is 0 Å². The summed E-state index contributed by atoms with van der Waals surface area (Å²) in [5, 5.41) is 1.94. The van der Waals surface area contributed by atoms with Crippen LogP contribution in [-0.2, 0) is 22.6 Å². The Balaban J connectivity index is 2.07. The number of ether oxygens (including phenoxy) is 1. The van der Waals surface area contributed by atoms with Crippen molar-refractivity contribution >= 4 is 34.8 Å². The number of nitrogen functional groups attached to an aromatic ring is 1. The quantitative estimate of drug-likeness (QED) is 0.523. The van der Waals surface area contributed by atoms with Crippen LogP contribution in [0.4, 0.5) is 11.5 Å². The highest BCUT2D eigenvalue weighted by Crippen LogP contribution is 2.22. The molecule has 162 valence electrons. The highest BCUT2D eigenvalue weighted by molar-refractivity contribution is 7.11. The summed E-state index contributed by atoms with van der Waals surface area (Å²) >= 11 is 1.51. The normalized spacial score (nSPS) is 11.2. The number of aryl methyl sites for hydroxylation is 1. The van der Waals surface area contributed by atoms with Crippen LogP contribution in [0.2, 0.25) is 0 Å². The van der Waals surface area contributed by atoms with Crippen molar-refractivity contribution in [1.29, 1.82) is 0 Å². The number of benzene rings is 1. The summed E-state index contributed by atoms with van der Waals surface area (Å²) in [5.74, 6) is -0.512. The molecular formula is C22H24N4O4S. The Kier molecular flexibility index (Phi) is 7.22. The third kappa shape index (κ3) is 5.19. The van der Waals surface area contributed by atoms with Gasteiger partial charge in [-0.15, -0.1) is 11.3 Å². The first-order valence-corrected chi connectivity index (χ1v) is 10.5. The summed E-state index contributed by atoms with van der Waals surface area (Å²) in [6, 6.07) is 11.2. The lowest BCUT2D eigenvalue weighted by Gasteiger charge is -2.23. The maximum absolute atomic E-state index is 13.2. The van der Waals surface area contributed by atoms with E-state index in [1.54, 1.807) is 6.08 Å². The highest BCUT2D eigenvalue weighted by Gasteiger charge is 2.23. The predicted molar refractivity (Wildman–Crippen MR) is 123 cm³/mol. The Morgan fingerprint density at radius 2 is 2.00 bits per heavy atom. The van der Waals surface area contributed by atoms with Gasteiger partial charge < -0.3 is 10.5 Å². The van der Waals surface area contributed by atoms with E-state index in [0.29, 0.717) is 0 Å². The number of anilines is 2. The third-order valence-electron chi connectivity index (χ3n) is 4.73. The Morgan fingerprint density at radius 1 is 1.26 bits per heavy atom. The third-order valence-corrected chi connectivity index (χ3v) is 5.72. The van der Waals surface area contributed by atoms with Crippen LogP contribution in [0.5, 0.6) is 0 Å². The van der Waals surface area contributed by atoms with Crippen LogP contribution in [0.15, 0.2) is 57.4 Å². The zero-order valence-electron chi connectivity index (χ0n) is 17.3. The number of H-pyrrole nitrogens is 1. The molecule has 0 saturated heterocycles. The lowest BCUT2D eigenvalue weighted by atomic mass is 10.2. The molecule has 0 spiro atoms. The smallest absolute Gasteiger partial charge is 0.330 e. The van der Waals surface area contributed by atoms with Gasteiger partial charge in [0.1, 0.15) is 5.82 Å². The second-order valence-corrected chi connectivity index (χ2v) is 7.80. The number of methoxy groups -OCH3 is 1. The van der Waals surface area contributed by atoms with E-state index in [0.717, 1.165) is 16.0 Å². The minimum atomic E-state index is -0.721. The second kappa shape index (κ2) is 10.1. The van der Waals surface area contributed by atoms with Gasteiger partial charge in [0.05, 0.1) is 19.7 Å². The molecule has 0 saturated carbocycles. The standard InChI is InChI=1S/C22H24N4O4S/c1-15-10-13-31-17(15)8-9-18(27)26(14-16-6-4-3-5-7-16)19-20(23)25(11-12-30-2)22(29)24-21(19)28/h3-10,13H,11-12,14,23H2,1-2H3,(H,24,28,29)/b9-8+. The van der Waals surface area contributed by atoms with E-state index >= 15 is 0 Å². The number of carbonyl (C=O) groups excluding carboxylic acids is 1. The van der Waals surface area contributed by atoms with Gasteiger partial charge in [-0.2, -0.15) is 0 Å². The first-order valence-electron chi connectivity index (χ1n) is 9.61. The maximum atomic E-state index is 13.2. The summed E-state index contributed by atoms with van der Waals surface area (Å²) in [6.07, 6.45) is 3.12. The van der Waals surface area contributed by atoms with Crippen molar-refractivity contribution in [3.05, 3.63) is 84.7 Å². The van der Waals surface area contributed by atoms with Crippen molar-refractivity contribution in [2.45, 2.75) is 20.0 Å². The van der Waals surface area contributed by atoms with Gasteiger partial charge in [0.2, 0.25) is 0 Å². The number of thiophene rings is 1. The monoisotopic (exact) mass is 440 g/mol. The van der Waals surface area contributed by atoms with Crippen LogP contribution in [0, 0.1) is 6.92 Å². The molecule has 9 heteroatoms. The summed E-state index contributed by atoms with van der Waals surface area (Å²) < 4.78 is 6.22. The van der Waals surface area contributed by atoms with Crippen LogP contribution in [0.3, 0.4) is 0 Å². The molecule has 8 nitrogen and oxygen atoms in total. The summed E-state index contributed by atoms with van der Waals surface area (Å²) in [7, 11) is 1.50. The lowest BCUT2D eigenvalue weighted by molar-refractivity contribution is -0.114. The number of hydrogen-bond donors (Lipinski definition) is 2. The zero-order valence-corrected chi connectivity index (χ0v) is 18.1. The van der Waals surface area contributed by atoms with E-state index in [-0.39, 0.29) is 31.2 Å². The number of aromatic nitrogens is 2. The largest absolute Gasteiger partial charge is 0.383 e. The van der Waals surface area contributed by atoms with E-state index in [4.69, 9.17) is 10.5 Å². The fraction of sp³-hybridized carbons (Fsp3) is 0.227.